The molecule has 0 aromatic heterocycles. The van der Waals surface area contributed by atoms with Gasteiger partial charge in [0, 0.05) is 55.9 Å². The van der Waals surface area contributed by atoms with Gasteiger partial charge in [0.15, 0.2) is 48.5 Å². The normalized spacial score (nSPS) is 34.4. The molecular weight excluding hydrogens is 1220 g/mol. The molecule has 2 amide bonds. The molecule has 0 spiro atoms. The number of rotatable bonds is 26. The molecule has 1 aromatic rings. The Kier molecular flexibility index (Phi) is 25.9. The van der Waals surface area contributed by atoms with Crippen molar-refractivity contribution in [2.24, 2.45) is 0 Å². The summed E-state index contributed by atoms with van der Waals surface area (Å²) in [5.41, 5.74) is -0.0930. The molecule has 1 aromatic carbocycles. The van der Waals surface area contributed by atoms with E-state index in [1.165, 1.54) is 106 Å². The van der Waals surface area contributed by atoms with Gasteiger partial charge in [-0.05, 0) is 57.7 Å². The molecule has 476 valence electrons. The van der Waals surface area contributed by atoms with Gasteiger partial charge in [-0.15, -0.1) is 0 Å². The predicted octanol–water partition coefficient (Wildman–Crippen LogP) is 3.67. The van der Waals surface area contributed by atoms with E-state index >= 15 is 4.79 Å². The van der Waals surface area contributed by atoms with Crippen molar-refractivity contribution >= 4 is 82.4 Å². The molecular formula is C54H78N4O22S5. The fourth-order valence-electron chi connectivity index (χ4n) is 10.5. The van der Waals surface area contributed by atoms with Crippen LogP contribution in [0.15, 0.2) is 59.5 Å². The number of aliphatic hydroxyl groups excluding tert-OH is 3. The molecule has 4 aliphatic heterocycles. The topological polar surface area (TPSA) is 327 Å². The van der Waals surface area contributed by atoms with E-state index in [2.05, 4.69) is 28.0 Å². The number of amides is 2. The maximum Gasteiger partial charge on any atom is 0.411 e. The van der Waals surface area contributed by atoms with Crippen LogP contribution in [0.4, 0.5) is 10.5 Å². The number of nitrogens with one attached hydrogen (secondary N) is 4. The van der Waals surface area contributed by atoms with E-state index in [1.807, 2.05) is 33.3 Å². The van der Waals surface area contributed by atoms with Gasteiger partial charge < -0.3 is 92.6 Å². The molecule has 85 heavy (non-hydrogen) atoms. The Hall–Kier alpha value is -3.39. The van der Waals surface area contributed by atoms with Crippen molar-refractivity contribution in [2.75, 3.05) is 72.3 Å². The Bertz CT molecular complexity index is 2580. The zero-order valence-corrected chi connectivity index (χ0v) is 53.0. The average molecular weight is 1300 g/mol. The minimum atomic E-state index is -2.32. The number of hydrogen-bond donors (Lipinski definition) is 8. The molecule has 0 saturated carbocycles. The van der Waals surface area contributed by atoms with Crippen LogP contribution in [0.5, 0.6) is 11.5 Å². The summed E-state index contributed by atoms with van der Waals surface area (Å²) in [6.07, 6.45) is -9.08. The quantitative estimate of drug-likeness (QED) is 0.0125. The molecule has 7 rings (SSSR count). The summed E-state index contributed by atoms with van der Waals surface area (Å²) in [6.45, 7) is 10.8. The van der Waals surface area contributed by atoms with E-state index < -0.39 is 122 Å². The van der Waals surface area contributed by atoms with Gasteiger partial charge >= 0.3 is 12.1 Å². The van der Waals surface area contributed by atoms with Gasteiger partial charge in [0.05, 0.1) is 100 Å². The summed E-state index contributed by atoms with van der Waals surface area (Å²) in [6, 6.07) is 1.56. The summed E-state index contributed by atoms with van der Waals surface area (Å²) in [5.74, 6) is -2.57. The second kappa shape index (κ2) is 31.9. The summed E-state index contributed by atoms with van der Waals surface area (Å²) < 4.78 is 77.1. The maximum absolute atomic E-state index is 15.2. The molecule has 31 heteroatoms. The zero-order valence-electron chi connectivity index (χ0n) is 48.9. The SMILES string of the molecule is C=C(OC)C(=O)Nc1cc(OC)c(OC)cc1C(=O)O[C@H]1C[C@@H](OC2C(=O)C(NC(=O)OC)=C3/C(=C/CSSSSC)C2(O)C=CC3O[C@H]2OC[C@@H](NO[C@@H]3C[C@@H](O)[C@H](SC)[C@H](C)O3)[C@H](O)[C@H]2O[C@@H]2C[C@@H](OC)[C@H](NC(C)C)CO2)O[C@H](C)[C@H]1O. The smallest absolute Gasteiger partial charge is 0.411 e. The largest absolute Gasteiger partial charge is 0.493 e. The van der Waals surface area contributed by atoms with E-state index in [0.717, 1.165) is 7.11 Å². The number of aliphatic hydroxyl groups is 4. The van der Waals surface area contributed by atoms with Gasteiger partial charge in [0.2, 0.25) is 5.78 Å². The predicted molar refractivity (Wildman–Crippen MR) is 317 cm³/mol. The van der Waals surface area contributed by atoms with Crippen LogP contribution in [-0.2, 0) is 66.5 Å². The first-order valence-electron chi connectivity index (χ1n) is 27.2. The number of carbonyl (C=O) groups excluding carboxylic acids is 4. The lowest BCUT2D eigenvalue weighted by atomic mass is 9.69. The second-order valence-electron chi connectivity index (χ2n) is 20.6. The molecule has 4 fully saturated rings. The number of ketones is 1. The number of hydrogen-bond acceptors (Lipinski definition) is 29. The molecule has 2 bridgehead atoms. The van der Waals surface area contributed by atoms with E-state index in [0.29, 0.717) is 0 Å². The van der Waals surface area contributed by atoms with Crippen LogP contribution in [0, 0.1) is 0 Å². The van der Waals surface area contributed by atoms with E-state index in [1.54, 1.807) is 13.2 Å². The van der Waals surface area contributed by atoms with Crippen LogP contribution >= 0.6 is 53.0 Å². The second-order valence-corrected chi connectivity index (χ2v) is 27.8. The Morgan fingerprint density at radius 2 is 1.55 bits per heavy atom. The van der Waals surface area contributed by atoms with E-state index in [9.17, 15) is 34.8 Å². The van der Waals surface area contributed by atoms with Crippen LogP contribution in [0.25, 0.3) is 0 Å². The third kappa shape index (κ3) is 16.7. The molecule has 6 aliphatic rings. The molecule has 18 atom stereocenters. The van der Waals surface area contributed by atoms with E-state index in [-0.39, 0.29) is 101 Å². The van der Waals surface area contributed by atoms with Crippen LogP contribution < -0.4 is 30.9 Å². The highest BCUT2D eigenvalue weighted by Gasteiger charge is 2.57. The minimum Gasteiger partial charge on any atom is -0.493 e. The number of anilines is 1. The summed E-state index contributed by atoms with van der Waals surface area (Å²) in [4.78, 5) is 61.6. The minimum absolute atomic E-state index is 0.0162. The third-order valence-electron chi connectivity index (χ3n) is 14.8. The van der Waals surface area contributed by atoms with Crippen molar-refractivity contribution in [3.8, 4) is 11.5 Å². The number of fused-ring (bicyclic) bond motifs is 2. The number of alkyl carbamates (subject to hydrolysis) is 1. The summed E-state index contributed by atoms with van der Waals surface area (Å²) in [7, 11) is 12.5. The number of esters is 1. The van der Waals surface area contributed by atoms with Gasteiger partial charge in [0.25, 0.3) is 5.91 Å². The Labute approximate surface area is 513 Å². The van der Waals surface area contributed by atoms with Crippen LogP contribution in [0.2, 0.25) is 0 Å². The lowest BCUT2D eigenvalue weighted by molar-refractivity contribution is -0.324. The number of methoxy groups -OCH3 is 5. The third-order valence-corrected chi connectivity index (χ3v) is 22.0. The maximum atomic E-state index is 15.2. The Morgan fingerprint density at radius 3 is 2.21 bits per heavy atom. The fourth-order valence-corrected chi connectivity index (χ4v) is 16.4. The molecule has 0 radical (unpaired) electrons. The summed E-state index contributed by atoms with van der Waals surface area (Å²) in [5, 5.41) is 56.0. The molecule has 2 aliphatic carbocycles. The van der Waals surface area contributed by atoms with Crippen molar-refractivity contribution < 1.29 is 106 Å². The highest BCUT2D eigenvalue weighted by molar-refractivity contribution is 9.26. The Balaban J connectivity index is 1.19. The van der Waals surface area contributed by atoms with Crippen molar-refractivity contribution in [2.45, 2.75) is 162 Å². The average Bonchev–Trinajstić information content (AvgIpc) is 1.36. The fraction of sp³-hybridized carbons (Fsp3) is 0.667. The zero-order chi connectivity index (χ0) is 61.9. The van der Waals surface area contributed by atoms with Crippen molar-refractivity contribution in [1.82, 2.24) is 16.1 Å². The number of thioether (sulfide) groups is 1. The molecule has 4 heterocycles. The van der Waals surface area contributed by atoms with Gasteiger partial charge in [-0.2, -0.15) is 17.2 Å². The lowest BCUT2D eigenvalue weighted by Crippen LogP contribution is -2.63. The highest BCUT2D eigenvalue weighted by atomic mass is 33.7. The monoisotopic (exact) mass is 1290 g/mol. The Morgan fingerprint density at radius 1 is 0.847 bits per heavy atom. The molecule has 4 saturated heterocycles. The van der Waals surface area contributed by atoms with Crippen molar-refractivity contribution in [3.05, 3.63) is 65.1 Å². The first kappa shape index (κ1) is 69.1. The van der Waals surface area contributed by atoms with Crippen molar-refractivity contribution in [1.29, 1.82) is 0 Å². The van der Waals surface area contributed by atoms with E-state index in [4.69, 9.17) is 66.4 Å². The standard InChI is InChI=1S/C54H78N4O22S5/c1-24(2)55-31-22-72-39(20-35(31)68-7)78-47-45(61)32(58-80-41-19-33(59)48(81-11)26(4)75-41)23-73-52(47)77-34-13-15-54(66)29(14-16-83-85-84-82-12)42(34)43(57-53(65)71-10)46(62)49(54)79-40-21-38(44(60)25(3)74-40)76-51(64)28-17-36(69-8)37(70-9)18-30(28)56-50(63)27(5)67-6/h13-15,17-18,24-26,31-35,38-41,44-45,47-49,52,55,58-61,66H,5,16,19-23H2,1-4,6-12H3,(H,56,63)(H,57,65)/b29-14-/t25-,26+,31-,32-,33-,34?,35-,38+,39-,40-,41-,44-,45+,47-,48-,49?,52-,54?/m1/s1. The first-order valence-corrected chi connectivity index (χ1v) is 33.9. The number of benzene rings is 1. The number of Topliss-reactive ketones (excluding diaryl/α,β-unsaturated/α-hetero) is 1. The number of carbonyl (C=O) groups is 4. The molecule has 3 unspecified atom stereocenters. The van der Waals surface area contributed by atoms with Crippen LogP contribution in [0.1, 0.15) is 57.3 Å². The van der Waals surface area contributed by atoms with Crippen LogP contribution in [0.3, 0.4) is 0 Å². The van der Waals surface area contributed by atoms with Gasteiger partial charge in [-0.25, -0.2) is 9.59 Å². The van der Waals surface area contributed by atoms with Gasteiger partial charge in [-0.1, -0.05) is 54.2 Å². The van der Waals surface area contributed by atoms with Gasteiger partial charge in [0.1, 0.15) is 36.1 Å². The number of hydroxylamine groups is 1. The molecule has 8 N–H and O–H groups in total. The van der Waals surface area contributed by atoms with Gasteiger partial charge in [-0.3, -0.25) is 19.7 Å². The van der Waals surface area contributed by atoms with Crippen molar-refractivity contribution in [3.63, 3.8) is 0 Å². The first-order chi connectivity index (χ1) is 40.6. The number of ether oxygens (including phenoxy) is 13. The summed E-state index contributed by atoms with van der Waals surface area (Å²) >= 11 is 1.48. The lowest BCUT2D eigenvalue weighted by Gasteiger charge is -2.48. The highest BCUT2D eigenvalue weighted by Crippen LogP contribution is 2.48. The molecule has 26 nitrogen and oxygen atoms in total. The van der Waals surface area contributed by atoms with Crippen LogP contribution in [-0.4, -0.2) is 226 Å².